The number of carbonyl (C=O) groups excluding carboxylic acids is 2. The molecule has 3 rings (SSSR count). The Kier molecular flexibility index (Phi) is 7.55. The van der Waals surface area contributed by atoms with Gasteiger partial charge in [-0.05, 0) is 48.9 Å². The van der Waals surface area contributed by atoms with Gasteiger partial charge in [0.05, 0.1) is 24.1 Å². The second kappa shape index (κ2) is 10.3. The van der Waals surface area contributed by atoms with Gasteiger partial charge >= 0.3 is 0 Å². The van der Waals surface area contributed by atoms with Crippen LogP contribution in [0.2, 0.25) is 5.02 Å². The van der Waals surface area contributed by atoms with Gasteiger partial charge in [0.15, 0.2) is 0 Å². The Hall–Kier alpha value is -3.03. The predicted molar refractivity (Wildman–Crippen MR) is 123 cm³/mol. The highest BCUT2D eigenvalue weighted by Crippen LogP contribution is 2.31. The standard InChI is InChI=1S/C23H20ClFN2O3S/c1-14-10-20(21(30-2)12-18(14)24)27-22(28)13-31-16-7-5-6-15(11-16)26-23(29)17-8-3-4-9-19(17)25/h3-12H,13H2,1-2H3,(H,26,29)(H,27,28). The Morgan fingerprint density at radius 1 is 1.06 bits per heavy atom. The molecule has 0 saturated carbocycles. The van der Waals surface area contributed by atoms with E-state index >= 15 is 0 Å². The van der Waals surface area contributed by atoms with Crippen molar-refractivity contribution in [3.63, 3.8) is 0 Å². The molecule has 0 spiro atoms. The number of carbonyl (C=O) groups is 2. The minimum atomic E-state index is -0.588. The Morgan fingerprint density at radius 2 is 1.84 bits per heavy atom. The smallest absolute Gasteiger partial charge is 0.258 e. The molecule has 3 aromatic carbocycles. The van der Waals surface area contributed by atoms with E-state index in [0.717, 1.165) is 10.5 Å². The number of aryl methyl sites for hydroxylation is 1. The first-order valence-electron chi connectivity index (χ1n) is 9.30. The minimum absolute atomic E-state index is 0.0351. The Labute approximate surface area is 188 Å². The van der Waals surface area contributed by atoms with Gasteiger partial charge in [-0.25, -0.2) is 4.39 Å². The molecule has 0 unspecified atom stereocenters. The monoisotopic (exact) mass is 458 g/mol. The van der Waals surface area contributed by atoms with Crippen LogP contribution in [0.1, 0.15) is 15.9 Å². The fourth-order valence-corrected chi connectivity index (χ4v) is 3.68. The highest BCUT2D eigenvalue weighted by Gasteiger charge is 2.13. The maximum absolute atomic E-state index is 13.8. The molecule has 0 heterocycles. The lowest BCUT2D eigenvalue weighted by molar-refractivity contribution is -0.113. The second-order valence-electron chi connectivity index (χ2n) is 6.60. The highest BCUT2D eigenvalue weighted by molar-refractivity contribution is 8.00. The lowest BCUT2D eigenvalue weighted by atomic mass is 10.2. The summed E-state index contributed by atoms with van der Waals surface area (Å²) in [5.74, 6) is -0.717. The molecule has 2 N–H and O–H groups in total. The van der Waals surface area contributed by atoms with Crippen molar-refractivity contribution in [3.05, 3.63) is 82.6 Å². The summed E-state index contributed by atoms with van der Waals surface area (Å²) in [5.41, 5.74) is 1.84. The summed E-state index contributed by atoms with van der Waals surface area (Å²) in [5, 5.41) is 6.05. The van der Waals surface area contributed by atoms with Crippen LogP contribution in [0.4, 0.5) is 15.8 Å². The zero-order chi connectivity index (χ0) is 22.4. The number of hydrogen-bond donors (Lipinski definition) is 2. The van der Waals surface area contributed by atoms with E-state index in [2.05, 4.69) is 10.6 Å². The first-order chi connectivity index (χ1) is 14.9. The number of hydrogen-bond acceptors (Lipinski definition) is 4. The molecule has 2 amide bonds. The highest BCUT2D eigenvalue weighted by atomic mass is 35.5. The van der Waals surface area contributed by atoms with E-state index < -0.39 is 11.7 Å². The number of ether oxygens (including phenoxy) is 1. The predicted octanol–water partition coefficient (Wildman–Crippen LogP) is 5.78. The van der Waals surface area contributed by atoms with Gasteiger partial charge in [0.1, 0.15) is 11.6 Å². The Balaban J connectivity index is 1.61. The van der Waals surface area contributed by atoms with Crippen LogP contribution in [-0.4, -0.2) is 24.7 Å². The molecule has 5 nitrogen and oxygen atoms in total. The van der Waals surface area contributed by atoms with Crippen molar-refractivity contribution in [2.45, 2.75) is 11.8 Å². The lowest BCUT2D eigenvalue weighted by Crippen LogP contribution is -2.15. The van der Waals surface area contributed by atoms with E-state index in [1.165, 1.54) is 37.1 Å². The van der Waals surface area contributed by atoms with Gasteiger partial charge in [-0.15, -0.1) is 11.8 Å². The van der Waals surface area contributed by atoms with Crippen molar-refractivity contribution in [2.75, 3.05) is 23.5 Å². The lowest BCUT2D eigenvalue weighted by Gasteiger charge is -2.12. The van der Waals surface area contributed by atoms with Gasteiger partial charge in [-0.3, -0.25) is 9.59 Å². The van der Waals surface area contributed by atoms with Crippen LogP contribution >= 0.6 is 23.4 Å². The minimum Gasteiger partial charge on any atom is -0.495 e. The molecule has 3 aromatic rings. The van der Waals surface area contributed by atoms with Crippen LogP contribution < -0.4 is 15.4 Å². The molecule has 8 heteroatoms. The van der Waals surface area contributed by atoms with E-state index in [1.54, 1.807) is 36.4 Å². The summed E-state index contributed by atoms with van der Waals surface area (Å²) in [6, 6.07) is 16.2. The molecular weight excluding hydrogens is 439 g/mol. The zero-order valence-electron chi connectivity index (χ0n) is 16.9. The molecule has 0 bridgehead atoms. The number of anilines is 2. The molecule has 0 fully saturated rings. The summed E-state index contributed by atoms with van der Waals surface area (Å²) in [6.45, 7) is 1.84. The molecule has 160 valence electrons. The summed E-state index contributed by atoms with van der Waals surface area (Å²) in [7, 11) is 1.51. The van der Waals surface area contributed by atoms with E-state index in [4.69, 9.17) is 16.3 Å². The van der Waals surface area contributed by atoms with Crippen LogP contribution in [0.25, 0.3) is 0 Å². The van der Waals surface area contributed by atoms with Crippen molar-refractivity contribution in [1.29, 1.82) is 0 Å². The second-order valence-corrected chi connectivity index (χ2v) is 8.06. The van der Waals surface area contributed by atoms with E-state index in [1.807, 2.05) is 13.0 Å². The van der Waals surface area contributed by atoms with Gasteiger partial charge in [0.25, 0.3) is 5.91 Å². The molecule has 0 radical (unpaired) electrons. The average Bonchev–Trinajstić information content (AvgIpc) is 2.75. The number of benzene rings is 3. The van der Waals surface area contributed by atoms with Crippen molar-refractivity contribution in [2.24, 2.45) is 0 Å². The maximum atomic E-state index is 13.8. The first-order valence-corrected chi connectivity index (χ1v) is 10.7. The summed E-state index contributed by atoms with van der Waals surface area (Å²) < 4.78 is 19.1. The number of thioether (sulfide) groups is 1. The number of amides is 2. The van der Waals surface area contributed by atoms with Gasteiger partial charge in [0, 0.05) is 21.7 Å². The third-order valence-corrected chi connectivity index (χ3v) is 5.74. The van der Waals surface area contributed by atoms with Crippen molar-refractivity contribution < 1.29 is 18.7 Å². The van der Waals surface area contributed by atoms with Crippen LogP contribution in [0.15, 0.2) is 65.6 Å². The topological polar surface area (TPSA) is 67.4 Å². The molecule has 0 aliphatic rings. The summed E-state index contributed by atoms with van der Waals surface area (Å²) in [6.07, 6.45) is 0. The van der Waals surface area contributed by atoms with Crippen molar-refractivity contribution in [1.82, 2.24) is 0 Å². The number of halogens is 2. The Bertz CT molecular complexity index is 1120. The largest absolute Gasteiger partial charge is 0.495 e. The normalized spacial score (nSPS) is 10.5. The quantitative estimate of drug-likeness (QED) is 0.440. The molecule has 0 aromatic heterocycles. The van der Waals surface area contributed by atoms with Crippen molar-refractivity contribution >= 4 is 46.6 Å². The van der Waals surface area contributed by atoms with Crippen LogP contribution in [0, 0.1) is 12.7 Å². The number of nitrogens with one attached hydrogen (secondary N) is 2. The van der Waals surface area contributed by atoms with Gasteiger partial charge in [-0.1, -0.05) is 29.8 Å². The first kappa shape index (κ1) is 22.7. The third-order valence-electron chi connectivity index (χ3n) is 4.34. The zero-order valence-corrected chi connectivity index (χ0v) is 18.4. The fourth-order valence-electron chi connectivity index (χ4n) is 2.77. The third kappa shape index (κ3) is 5.99. The maximum Gasteiger partial charge on any atom is 0.258 e. The Morgan fingerprint density at radius 3 is 2.58 bits per heavy atom. The van der Waals surface area contributed by atoms with Gasteiger partial charge in [-0.2, -0.15) is 0 Å². The number of rotatable bonds is 7. The van der Waals surface area contributed by atoms with E-state index in [9.17, 15) is 14.0 Å². The van der Waals surface area contributed by atoms with E-state index in [0.29, 0.717) is 22.1 Å². The molecule has 0 aliphatic carbocycles. The van der Waals surface area contributed by atoms with Gasteiger partial charge in [0.2, 0.25) is 5.91 Å². The molecule has 0 aliphatic heterocycles. The molecule has 0 saturated heterocycles. The van der Waals surface area contributed by atoms with Crippen LogP contribution in [0.3, 0.4) is 0 Å². The van der Waals surface area contributed by atoms with E-state index in [-0.39, 0.29) is 17.2 Å². The summed E-state index contributed by atoms with van der Waals surface area (Å²) in [4.78, 5) is 25.5. The average molecular weight is 459 g/mol. The molecule has 31 heavy (non-hydrogen) atoms. The SMILES string of the molecule is COc1cc(Cl)c(C)cc1NC(=O)CSc1cccc(NC(=O)c2ccccc2F)c1. The van der Waals surface area contributed by atoms with Crippen molar-refractivity contribution in [3.8, 4) is 5.75 Å². The number of methoxy groups -OCH3 is 1. The van der Waals surface area contributed by atoms with Crippen LogP contribution in [-0.2, 0) is 4.79 Å². The van der Waals surface area contributed by atoms with Crippen LogP contribution in [0.5, 0.6) is 5.75 Å². The summed E-state index contributed by atoms with van der Waals surface area (Å²) >= 11 is 7.40. The fraction of sp³-hybridized carbons (Fsp3) is 0.130. The molecular formula is C23H20ClFN2O3S. The van der Waals surface area contributed by atoms with Gasteiger partial charge < -0.3 is 15.4 Å². The molecule has 0 atom stereocenters.